The van der Waals surface area contributed by atoms with Crippen molar-refractivity contribution in [2.45, 2.75) is 58.9 Å². The topological polar surface area (TPSA) is 95.9 Å². The number of ketones is 1. The lowest BCUT2D eigenvalue weighted by atomic mass is 10.0. The largest absolute Gasteiger partial charge is 0.445 e. The summed E-state index contributed by atoms with van der Waals surface area (Å²) in [6, 6.07) is 7.42. The molecule has 7 heteroatoms. The van der Waals surface area contributed by atoms with Crippen LogP contribution in [0.2, 0.25) is 0 Å². The highest BCUT2D eigenvalue weighted by Crippen LogP contribution is 2.13. The van der Waals surface area contributed by atoms with E-state index in [4.69, 9.17) is 4.74 Å². The molecule has 0 aliphatic rings. The van der Waals surface area contributed by atoms with Crippen molar-refractivity contribution < 1.29 is 24.2 Å². The summed E-state index contributed by atoms with van der Waals surface area (Å²) in [6.45, 7) is 6.69. The summed E-state index contributed by atoms with van der Waals surface area (Å²) >= 11 is 0. The number of aliphatic hydroxyl groups is 1. The number of nitrogens with zero attached hydrogens (tertiary/aromatic N) is 1. The second-order valence-electron chi connectivity index (χ2n) is 7.13. The van der Waals surface area contributed by atoms with Crippen LogP contribution in [-0.4, -0.2) is 53.0 Å². The van der Waals surface area contributed by atoms with Crippen LogP contribution in [0, 0.1) is 5.92 Å². The van der Waals surface area contributed by atoms with Crippen molar-refractivity contribution >= 4 is 17.8 Å². The fraction of sp³-hybridized carbons (Fsp3) is 0.550. The first kappa shape index (κ1) is 22.6. The Morgan fingerprint density at radius 1 is 1.15 bits per heavy atom. The molecule has 150 valence electrons. The lowest BCUT2D eigenvalue weighted by Crippen LogP contribution is -2.55. The molecule has 0 saturated heterocycles. The molecule has 0 aliphatic heterocycles. The molecule has 0 fully saturated rings. The minimum Gasteiger partial charge on any atom is -0.445 e. The number of Topliss-reactive ketones (excluding diaryl/α,β-unsaturated/α-hetero) is 1. The number of aliphatic hydroxyl groups excluding tert-OH is 1. The van der Waals surface area contributed by atoms with Crippen LogP contribution in [0.25, 0.3) is 0 Å². The minimum absolute atomic E-state index is 0.101. The SMILES string of the molecule is CC(=O)C(NC(=O)[C@@H](CC(C)C)N(C)C(=O)OCc1ccccc1)[C@@H](C)O. The Hall–Kier alpha value is -2.41. The molecule has 1 rings (SSSR count). The number of likely N-dealkylation sites (N-methyl/N-ethyl adjacent to an activating group) is 1. The van der Waals surface area contributed by atoms with E-state index in [-0.39, 0.29) is 18.3 Å². The predicted octanol–water partition coefficient (Wildman–Crippen LogP) is 2.12. The molecule has 7 nitrogen and oxygen atoms in total. The second kappa shape index (κ2) is 10.7. The van der Waals surface area contributed by atoms with Crippen molar-refractivity contribution in [3.63, 3.8) is 0 Å². The number of amides is 2. The third kappa shape index (κ3) is 7.38. The van der Waals surface area contributed by atoms with Gasteiger partial charge in [0.05, 0.1) is 6.10 Å². The van der Waals surface area contributed by atoms with E-state index in [0.717, 1.165) is 5.56 Å². The molecule has 0 heterocycles. The Labute approximate surface area is 160 Å². The van der Waals surface area contributed by atoms with Crippen LogP contribution in [0.1, 0.15) is 39.7 Å². The van der Waals surface area contributed by atoms with Crippen LogP contribution in [0.5, 0.6) is 0 Å². The van der Waals surface area contributed by atoms with Gasteiger partial charge in [-0.05, 0) is 31.7 Å². The van der Waals surface area contributed by atoms with E-state index in [1.165, 1.54) is 25.8 Å². The van der Waals surface area contributed by atoms with Crippen molar-refractivity contribution in [3.05, 3.63) is 35.9 Å². The molecular formula is C20H30N2O5. The van der Waals surface area contributed by atoms with E-state index in [9.17, 15) is 19.5 Å². The van der Waals surface area contributed by atoms with Gasteiger partial charge in [0.15, 0.2) is 5.78 Å². The van der Waals surface area contributed by atoms with Crippen molar-refractivity contribution in [2.24, 2.45) is 5.92 Å². The highest BCUT2D eigenvalue weighted by Gasteiger charge is 2.32. The third-order valence-corrected chi connectivity index (χ3v) is 4.18. The average molecular weight is 378 g/mol. The molecule has 0 aliphatic carbocycles. The molecule has 0 bridgehead atoms. The Morgan fingerprint density at radius 3 is 2.22 bits per heavy atom. The first-order valence-corrected chi connectivity index (χ1v) is 9.05. The van der Waals surface area contributed by atoms with Crippen molar-refractivity contribution in [1.29, 1.82) is 0 Å². The minimum atomic E-state index is -1.03. The molecule has 0 saturated carbocycles. The number of carbonyl (C=O) groups is 3. The van der Waals surface area contributed by atoms with Crippen LogP contribution in [0.15, 0.2) is 30.3 Å². The van der Waals surface area contributed by atoms with Gasteiger partial charge in [0, 0.05) is 7.05 Å². The van der Waals surface area contributed by atoms with Gasteiger partial charge in [0.1, 0.15) is 18.7 Å². The van der Waals surface area contributed by atoms with Crippen LogP contribution >= 0.6 is 0 Å². The van der Waals surface area contributed by atoms with E-state index in [1.807, 2.05) is 44.2 Å². The summed E-state index contributed by atoms with van der Waals surface area (Å²) in [7, 11) is 1.49. The summed E-state index contributed by atoms with van der Waals surface area (Å²) in [5.41, 5.74) is 0.842. The fourth-order valence-electron chi connectivity index (χ4n) is 2.65. The number of carbonyl (C=O) groups excluding carboxylic acids is 3. The zero-order valence-electron chi connectivity index (χ0n) is 16.6. The molecule has 0 radical (unpaired) electrons. The van der Waals surface area contributed by atoms with E-state index >= 15 is 0 Å². The quantitative estimate of drug-likeness (QED) is 0.686. The van der Waals surface area contributed by atoms with Gasteiger partial charge in [-0.3, -0.25) is 14.5 Å². The Morgan fingerprint density at radius 2 is 1.74 bits per heavy atom. The normalized spacial score (nSPS) is 14.2. The van der Waals surface area contributed by atoms with Gasteiger partial charge in [-0.2, -0.15) is 0 Å². The highest BCUT2D eigenvalue weighted by molar-refractivity contribution is 5.91. The van der Waals surface area contributed by atoms with E-state index in [1.54, 1.807) is 0 Å². The van der Waals surface area contributed by atoms with Gasteiger partial charge in [-0.15, -0.1) is 0 Å². The number of ether oxygens (including phenoxy) is 1. The summed E-state index contributed by atoms with van der Waals surface area (Å²) < 4.78 is 5.29. The maximum atomic E-state index is 12.7. The summed E-state index contributed by atoms with van der Waals surface area (Å²) in [6.07, 6.45) is -1.26. The van der Waals surface area contributed by atoms with E-state index in [0.29, 0.717) is 6.42 Å². The lowest BCUT2D eigenvalue weighted by Gasteiger charge is -2.30. The standard InChI is InChI=1S/C20H30N2O5/c1-13(2)11-17(19(25)21-18(14(3)23)15(4)24)22(5)20(26)27-12-16-9-7-6-8-10-16/h6-10,13-14,17-18,23H,11-12H2,1-5H3,(H,21,25)/t14-,17-,18?/m1/s1. The molecule has 1 aromatic carbocycles. The van der Waals surface area contributed by atoms with Gasteiger partial charge < -0.3 is 15.2 Å². The molecule has 3 atom stereocenters. The van der Waals surface area contributed by atoms with Crippen LogP contribution in [0.3, 0.4) is 0 Å². The summed E-state index contributed by atoms with van der Waals surface area (Å²) in [4.78, 5) is 38.0. The first-order valence-electron chi connectivity index (χ1n) is 9.05. The maximum absolute atomic E-state index is 12.7. The number of benzene rings is 1. The first-order chi connectivity index (χ1) is 12.6. The molecule has 27 heavy (non-hydrogen) atoms. The lowest BCUT2D eigenvalue weighted by molar-refractivity contribution is -0.132. The monoisotopic (exact) mass is 378 g/mol. The fourth-order valence-corrected chi connectivity index (χ4v) is 2.65. The predicted molar refractivity (Wildman–Crippen MR) is 102 cm³/mol. The van der Waals surface area contributed by atoms with Gasteiger partial charge in [0.25, 0.3) is 0 Å². The second-order valence-corrected chi connectivity index (χ2v) is 7.13. The van der Waals surface area contributed by atoms with Crippen molar-refractivity contribution in [2.75, 3.05) is 7.05 Å². The number of rotatable bonds is 9. The Bertz CT molecular complexity index is 631. The number of nitrogens with one attached hydrogen (secondary N) is 1. The Kier molecular flexibility index (Phi) is 8.94. The molecule has 0 spiro atoms. The maximum Gasteiger partial charge on any atom is 0.410 e. The van der Waals surface area contributed by atoms with Crippen molar-refractivity contribution in [3.8, 4) is 0 Å². The van der Waals surface area contributed by atoms with Crippen LogP contribution in [0.4, 0.5) is 4.79 Å². The average Bonchev–Trinajstić information content (AvgIpc) is 2.61. The summed E-state index contributed by atoms with van der Waals surface area (Å²) in [5.74, 6) is -0.715. The van der Waals surface area contributed by atoms with Gasteiger partial charge in [-0.1, -0.05) is 44.2 Å². The summed E-state index contributed by atoms with van der Waals surface area (Å²) in [5, 5.41) is 12.3. The number of hydrogen-bond acceptors (Lipinski definition) is 5. The molecule has 2 N–H and O–H groups in total. The zero-order valence-corrected chi connectivity index (χ0v) is 16.6. The third-order valence-electron chi connectivity index (χ3n) is 4.18. The molecular weight excluding hydrogens is 348 g/mol. The smallest absolute Gasteiger partial charge is 0.410 e. The molecule has 1 unspecified atom stereocenters. The van der Waals surface area contributed by atoms with Crippen molar-refractivity contribution in [1.82, 2.24) is 10.2 Å². The van der Waals surface area contributed by atoms with Gasteiger partial charge >= 0.3 is 6.09 Å². The Balaban J connectivity index is 2.82. The molecule has 2 amide bonds. The molecule has 1 aromatic rings. The van der Waals surface area contributed by atoms with Crippen LogP contribution < -0.4 is 5.32 Å². The van der Waals surface area contributed by atoms with E-state index < -0.39 is 30.2 Å². The molecule has 0 aromatic heterocycles. The number of hydrogen-bond donors (Lipinski definition) is 2. The highest BCUT2D eigenvalue weighted by atomic mass is 16.6. The van der Waals surface area contributed by atoms with Gasteiger partial charge in [0.2, 0.25) is 5.91 Å². The van der Waals surface area contributed by atoms with Crippen LogP contribution in [-0.2, 0) is 20.9 Å². The van der Waals surface area contributed by atoms with E-state index in [2.05, 4.69) is 5.32 Å². The van der Waals surface area contributed by atoms with Gasteiger partial charge in [-0.25, -0.2) is 4.79 Å². The zero-order chi connectivity index (χ0) is 20.6.